The topological polar surface area (TPSA) is 110 Å². The number of anilines is 1. The summed E-state index contributed by atoms with van der Waals surface area (Å²) in [5, 5.41) is 2.58. The van der Waals surface area contributed by atoms with Crippen LogP contribution in [0.2, 0.25) is 5.02 Å². The molecule has 32 heavy (non-hydrogen) atoms. The Hall–Kier alpha value is -2.75. The molecule has 10 heteroatoms. The number of ether oxygens (including phenoxy) is 1. The van der Waals surface area contributed by atoms with Crippen molar-refractivity contribution in [3.63, 3.8) is 0 Å². The van der Waals surface area contributed by atoms with E-state index in [-0.39, 0.29) is 34.4 Å². The maximum atomic E-state index is 12.7. The zero-order chi connectivity index (χ0) is 24.1. The Morgan fingerprint density at radius 2 is 1.66 bits per heavy atom. The van der Waals surface area contributed by atoms with Crippen molar-refractivity contribution in [1.29, 1.82) is 0 Å². The van der Waals surface area contributed by atoms with Gasteiger partial charge in [0, 0.05) is 24.3 Å². The monoisotopic (exact) mass is 480 g/mol. The minimum absolute atomic E-state index is 0.000858. The number of ketones is 1. The Morgan fingerprint density at radius 3 is 2.19 bits per heavy atom. The average molecular weight is 481 g/mol. The third kappa shape index (κ3) is 5.93. The second kappa shape index (κ2) is 10.7. The Labute approximate surface area is 192 Å². The number of hydrogen-bond acceptors (Lipinski definition) is 6. The lowest BCUT2D eigenvalue weighted by molar-refractivity contribution is -0.123. The summed E-state index contributed by atoms with van der Waals surface area (Å²) in [6.45, 7) is 6.77. The number of hydrogen-bond donors (Lipinski definition) is 1. The highest BCUT2D eigenvalue weighted by molar-refractivity contribution is 7.89. The largest absolute Gasteiger partial charge is 0.449 e. The molecule has 0 aliphatic heterocycles. The van der Waals surface area contributed by atoms with Crippen LogP contribution >= 0.6 is 11.6 Å². The van der Waals surface area contributed by atoms with Crippen molar-refractivity contribution >= 4 is 45.0 Å². The normalized spacial score (nSPS) is 12.3. The summed E-state index contributed by atoms with van der Waals surface area (Å²) in [7, 11) is -3.81. The van der Waals surface area contributed by atoms with Crippen molar-refractivity contribution in [3.8, 4) is 0 Å². The molecule has 2 aromatic carbocycles. The number of esters is 1. The molecule has 0 bridgehead atoms. The molecule has 8 nitrogen and oxygen atoms in total. The number of benzene rings is 2. The molecule has 0 aliphatic carbocycles. The molecule has 1 atom stereocenters. The van der Waals surface area contributed by atoms with E-state index >= 15 is 0 Å². The molecule has 0 aromatic heterocycles. The maximum Gasteiger partial charge on any atom is 0.340 e. The van der Waals surface area contributed by atoms with Crippen LogP contribution in [0.5, 0.6) is 0 Å². The SMILES string of the molecule is CCN(CC)S(=O)(=O)c1ccc(Cl)c(C(=O)OC(C)C(=O)Nc2ccc(C(C)=O)cc2)c1. The molecule has 172 valence electrons. The Kier molecular flexibility index (Phi) is 8.54. The first kappa shape index (κ1) is 25.5. The molecule has 1 N–H and O–H groups in total. The number of rotatable bonds is 9. The van der Waals surface area contributed by atoms with E-state index in [2.05, 4.69) is 5.32 Å². The number of nitrogens with one attached hydrogen (secondary N) is 1. The summed E-state index contributed by atoms with van der Waals surface area (Å²) < 4.78 is 31.9. The molecule has 0 radical (unpaired) electrons. The van der Waals surface area contributed by atoms with Crippen LogP contribution in [0, 0.1) is 0 Å². The summed E-state index contributed by atoms with van der Waals surface area (Å²) in [5.41, 5.74) is 0.760. The van der Waals surface area contributed by atoms with Crippen LogP contribution in [0.25, 0.3) is 0 Å². The van der Waals surface area contributed by atoms with Gasteiger partial charge in [-0.25, -0.2) is 13.2 Å². The molecule has 0 saturated heterocycles. The van der Waals surface area contributed by atoms with E-state index in [9.17, 15) is 22.8 Å². The number of halogens is 1. The van der Waals surface area contributed by atoms with Gasteiger partial charge in [-0.2, -0.15) is 4.31 Å². The number of carbonyl (C=O) groups is 3. The third-order valence-electron chi connectivity index (χ3n) is 4.71. The molecule has 0 heterocycles. The van der Waals surface area contributed by atoms with Gasteiger partial charge in [-0.1, -0.05) is 25.4 Å². The number of Topliss-reactive ketones (excluding diaryl/α,β-unsaturated/α-hetero) is 1. The standard InChI is InChI=1S/C22H25ClN2O6S/c1-5-25(6-2)32(29,30)18-11-12-20(23)19(13-18)22(28)31-15(4)21(27)24-17-9-7-16(8-10-17)14(3)26/h7-13,15H,5-6H2,1-4H3,(H,24,27). The van der Waals surface area contributed by atoms with Crippen LogP contribution in [0.1, 0.15) is 48.4 Å². The molecular weight excluding hydrogens is 456 g/mol. The Morgan fingerprint density at radius 1 is 1.06 bits per heavy atom. The molecule has 0 aliphatic rings. The van der Waals surface area contributed by atoms with Crippen LogP contribution < -0.4 is 5.32 Å². The van der Waals surface area contributed by atoms with Crippen LogP contribution in [0.4, 0.5) is 5.69 Å². The first-order valence-corrected chi connectivity index (χ1v) is 11.8. The number of amides is 1. The lowest BCUT2D eigenvalue weighted by atomic mass is 10.1. The van der Waals surface area contributed by atoms with E-state index in [1.165, 1.54) is 30.3 Å². The molecule has 1 unspecified atom stereocenters. The highest BCUT2D eigenvalue weighted by Crippen LogP contribution is 2.24. The van der Waals surface area contributed by atoms with Gasteiger partial charge in [-0.05, 0) is 56.3 Å². The van der Waals surface area contributed by atoms with Gasteiger partial charge in [0.1, 0.15) is 0 Å². The number of nitrogens with zero attached hydrogens (tertiary/aromatic N) is 1. The van der Waals surface area contributed by atoms with E-state index in [1.54, 1.807) is 38.1 Å². The predicted molar refractivity (Wildman–Crippen MR) is 122 cm³/mol. The molecule has 0 fully saturated rings. The van der Waals surface area contributed by atoms with Gasteiger partial charge < -0.3 is 10.1 Å². The zero-order valence-electron chi connectivity index (χ0n) is 18.2. The van der Waals surface area contributed by atoms with E-state index in [4.69, 9.17) is 16.3 Å². The summed E-state index contributed by atoms with van der Waals surface area (Å²) >= 11 is 6.08. The second-order valence-electron chi connectivity index (χ2n) is 6.90. The van der Waals surface area contributed by atoms with Gasteiger partial charge in [0.25, 0.3) is 5.91 Å². The minimum atomic E-state index is -3.81. The molecule has 1 amide bonds. The van der Waals surface area contributed by atoms with E-state index in [0.717, 1.165) is 6.07 Å². The van der Waals surface area contributed by atoms with Crippen molar-refractivity contribution in [1.82, 2.24) is 4.31 Å². The summed E-state index contributed by atoms with van der Waals surface area (Å²) in [6.07, 6.45) is -1.19. The van der Waals surface area contributed by atoms with Crippen molar-refractivity contribution in [2.24, 2.45) is 0 Å². The quantitative estimate of drug-likeness (QED) is 0.432. The fraction of sp³-hybridized carbons (Fsp3) is 0.318. The number of sulfonamides is 1. The Bertz CT molecular complexity index is 1110. The van der Waals surface area contributed by atoms with Crippen LogP contribution in [0.3, 0.4) is 0 Å². The fourth-order valence-electron chi connectivity index (χ4n) is 2.84. The van der Waals surface area contributed by atoms with Gasteiger partial charge in [0.15, 0.2) is 11.9 Å². The lowest BCUT2D eigenvalue weighted by Gasteiger charge is -2.19. The van der Waals surface area contributed by atoms with Gasteiger partial charge >= 0.3 is 5.97 Å². The molecule has 0 spiro atoms. The minimum Gasteiger partial charge on any atom is -0.449 e. The van der Waals surface area contributed by atoms with Gasteiger partial charge in [0.2, 0.25) is 10.0 Å². The highest BCUT2D eigenvalue weighted by Gasteiger charge is 2.26. The van der Waals surface area contributed by atoms with Gasteiger partial charge in [0.05, 0.1) is 15.5 Å². The highest BCUT2D eigenvalue weighted by atomic mass is 35.5. The maximum absolute atomic E-state index is 12.7. The van der Waals surface area contributed by atoms with Crippen LogP contribution in [-0.2, 0) is 19.6 Å². The summed E-state index contributed by atoms with van der Waals surface area (Å²) in [6, 6.07) is 10.0. The van der Waals surface area contributed by atoms with Crippen LogP contribution in [0.15, 0.2) is 47.4 Å². The Balaban J connectivity index is 2.15. The predicted octanol–water partition coefficient (Wildman–Crippen LogP) is 3.76. The lowest BCUT2D eigenvalue weighted by Crippen LogP contribution is -2.31. The summed E-state index contributed by atoms with van der Waals surface area (Å²) in [5.74, 6) is -1.63. The van der Waals surface area contributed by atoms with E-state index < -0.39 is 28.0 Å². The molecular formula is C22H25ClN2O6S. The van der Waals surface area contributed by atoms with Gasteiger partial charge in [-0.3, -0.25) is 9.59 Å². The average Bonchev–Trinajstić information content (AvgIpc) is 2.74. The first-order chi connectivity index (χ1) is 15.0. The second-order valence-corrected chi connectivity index (χ2v) is 9.25. The molecule has 0 saturated carbocycles. The fourth-order valence-corrected chi connectivity index (χ4v) is 4.52. The van der Waals surface area contributed by atoms with Crippen LogP contribution in [-0.4, -0.2) is 49.6 Å². The van der Waals surface area contributed by atoms with Crippen molar-refractivity contribution in [2.75, 3.05) is 18.4 Å². The van der Waals surface area contributed by atoms with Gasteiger partial charge in [-0.15, -0.1) is 0 Å². The third-order valence-corrected chi connectivity index (χ3v) is 7.09. The van der Waals surface area contributed by atoms with Crippen molar-refractivity contribution in [2.45, 2.75) is 38.7 Å². The first-order valence-electron chi connectivity index (χ1n) is 9.93. The van der Waals surface area contributed by atoms with E-state index in [0.29, 0.717) is 11.3 Å². The van der Waals surface area contributed by atoms with Crippen molar-refractivity contribution in [3.05, 3.63) is 58.6 Å². The zero-order valence-corrected chi connectivity index (χ0v) is 19.8. The molecule has 2 rings (SSSR count). The number of carbonyl (C=O) groups excluding carboxylic acids is 3. The smallest absolute Gasteiger partial charge is 0.340 e. The van der Waals surface area contributed by atoms with E-state index in [1.807, 2.05) is 0 Å². The summed E-state index contributed by atoms with van der Waals surface area (Å²) in [4.78, 5) is 36.2. The molecule has 2 aromatic rings. The van der Waals surface area contributed by atoms with Crippen molar-refractivity contribution < 1.29 is 27.5 Å².